The molecule has 0 saturated carbocycles. The maximum atomic E-state index is 13.1. The van der Waals surface area contributed by atoms with Crippen LogP contribution in [-0.4, -0.2) is 24.8 Å². The molecule has 0 aliphatic carbocycles. The summed E-state index contributed by atoms with van der Waals surface area (Å²) in [6.07, 6.45) is 0.768. The van der Waals surface area contributed by atoms with Crippen LogP contribution >= 0.6 is 0 Å². The van der Waals surface area contributed by atoms with Gasteiger partial charge in [-0.15, -0.1) is 0 Å². The first kappa shape index (κ1) is 20.6. The third kappa shape index (κ3) is 4.92. The van der Waals surface area contributed by atoms with Crippen molar-refractivity contribution >= 4 is 11.0 Å². The summed E-state index contributed by atoms with van der Waals surface area (Å²) in [5.74, 6) is 0.0166. The van der Waals surface area contributed by atoms with Gasteiger partial charge in [-0.3, -0.25) is 4.79 Å². The van der Waals surface area contributed by atoms with Gasteiger partial charge < -0.3 is 19.6 Å². The molecule has 0 aliphatic heterocycles. The zero-order chi connectivity index (χ0) is 21.6. The van der Waals surface area contributed by atoms with Crippen molar-refractivity contribution in [1.82, 2.24) is 5.32 Å². The molecule has 1 heterocycles. The van der Waals surface area contributed by atoms with Crippen LogP contribution in [0.1, 0.15) is 5.56 Å². The summed E-state index contributed by atoms with van der Waals surface area (Å²) >= 11 is 0. The van der Waals surface area contributed by atoms with Gasteiger partial charge in [0.25, 0.3) is 5.95 Å². The number of benzene rings is 3. The van der Waals surface area contributed by atoms with Gasteiger partial charge in [-0.25, -0.2) is 4.39 Å². The summed E-state index contributed by atoms with van der Waals surface area (Å²) < 4.78 is 24.7. The molecular formula is C25H22FNO4. The zero-order valence-corrected chi connectivity index (χ0v) is 16.8. The molecule has 4 aromatic rings. The lowest BCUT2D eigenvalue weighted by molar-refractivity contribution is 0.247. The average Bonchev–Trinajstić information content (AvgIpc) is 2.78. The molecule has 31 heavy (non-hydrogen) atoms. The highest BCUT2D eigenvalue weighted by Gasteiger charge is 2.17. The fraction of sp³-hybridized carbons (Fsp3) is 0.160. The predicted octanol–water partition coefficient (Wildman–Crippen LogP) is 4.52. The van der Waals surface area contributed by atoms with Crippen molar-refractivity contribution < 1.29 is 18.7 Å². The summed E-state index contributed by atoms with van der Waals surface area (Å²) in [5, 5.41) is 13.3. The lowest BCUT2D eigenvalue weighted by atomic mass is 10.0. The Labute approximate surface area is 178 Å². The second-order valence-corrected chi connectivity index (χ2v) is 7.11. The van der Waals surface area contributed by atoms with Gasteiger partial charge in [-0.05, 0) is 60.5 Å². The lowest BCUT2D eigenvalue weighted by Crippen LogP contribution is -2.23. The Kier molecular flexibility index (Phi) is 6.29. The Morgan fingerprint density at radius 2 is 1.68 bits per heavy atom. The summed E-state index contributed by atoms with van der Waals surface area (Å²) in [6.45, 7) is 1.56. The summed E-state index contributed by atoms with van der Waals surface area (Å²) in [5.41, 5.74) is 2.24. The van der Waals surface area contributed by atoms with Crippen molar-refractivity contribution in [2.45, 2.75) is 6.42 Å². The molecule has 0 amide bonds. The monoisotopic (exact) mass is 419 g/mol. The van der Waals surface area contributed by atoms with Gasteiger partial charge in [-0.1, -0.05) is 36.4 Å². The summed E-state index contributed by atoms with van der Waals surface area (Å²) in [7, 11) is 0. The van der Waals surface area contributed by atoms with E-state index >= 15 is 0 Å². The van der Waals surface area contributed by atoms with Crippen LogP contribution in [0.4, 0.5) is 4.39 Å². The van der Waals surface area contributed by atoms with E-state index in [9.17, 15) is 14.3 Å². The summed E-state index contributed by atoms with van der Waals surface area (Å²) in [6, 6.07) is 19.8. The van der Waals surface area contributed by atoms with E-state index in [1.165, 1.54) is 24.3 Å². The van der Waals surface area contributed by atoms with E-state index in [0.717, 1.165) is 12.0 Å². The Hall–Kier alpha value is -3.64. The van der Waals surface area contributed by atoms with Gasteiger partial charge in [0.1, 0.15) is 29.3 Å². The standard InChI is InChI=1S/C25H22FNO4/c26-19-9-5-17(6-10-19)13-14-27-15-16-30-25-23(18-7-11-20(28)12-8-18)24(29)21-3-1-2-4-22(21)31-25/h1-12,27-28H,13-16H2. The number of halogens is 1. The molecule has 4 rings (SSSR count). The van der Waals surface area contributed by atoms with E-state index in [2.05, 4.69) is 5.32 Å². The molecular weight excluding hydrogens is 397 g/mol. The molecule has 0 saturated heterocycles. The third-order valence-corrected chi connectivity index (χ3v) is 4.94. The van der Waals surface area contributed by atoms with E-state index in [4.69, 9.17) is 9.15 Å². The Morgan fingerprint density at radius 1 is 0.935 bits per heavy atom. The molecule has 3 aromatic carbocycles. The minimum atomic E-state index is -0.244. The molecule has 6 heteroatoms. The number of ether oxygens (including phenoxy) is 1. The highest BCUT2D eigenvalue weighted by Crippen LogP contribution is 2.31. The average molecular weight is 419 g/mol. The van der Waals surface area contributed by atoms with Gasteiger partial charge in [0, 0.05) is 6.54 Å². The van der Waals surface area contributed by atoms with Crippen molar-refractivity contribution in [3.8, 4) is 22.8 Å². The third-order valence-electron chi connectivity index (χ3n) is 4.94. The van der Waals surface area contributed by atoms with E-state index in [0.29, 0.717) is 41.8 Å². The molecule has 0 radical (unpaired) electrons. The fourth-order valence-corrected chi connectivity index (χ4v) is 3.32. The van der Waals surface area contributed by atoms with Crippen molar-refractivity contribution in [1.29, 1.82) is 0 Å². The van der Waals surface area contributed by atoms with Crippen LogP contribution in [0.25, 0.3) is 22.1 Å². The van der Waals surface area contributed by atoms with Crippen molar-refractivity contribution in [3.05, 3.63) is 94.4 Å². The maximum Gasteiger partial charge on any atom is 0.297 e. The largest absolute Gasteiger partial charge is 0.508 e. The molecule has 0 bridgehead atoms. The van der Waals surface area contributed by atoms with Crippen LogP contribution in [0, 0.1) is 5.82 Å². The first-order valence-electron chi connectivity index (χ1n) is 10.0. The quantitative estimate of drug-likeness (QED) is 0.411. The number of rotatable bonds is 8. The Morgan fingerprint density at radius 3 is 2.45 bits per heavy atom. The number of nitrogens with one attached hydrogen (secondary N) is 1. The molecule has 1 aromatic heterocycles. The first-order valence-corrected chi connectivity index (χ1v) is 10.0. The number of hydrogen-bond acceptors (Lipinski definition) is 5. The van der Waals surface area contributed by atoms with Crippen LogP contribution in [0.3, 0.4) is 0 Å². The van der Waals surface area contributed by atoms with E-state index < -0.39 is 0 Å². The predicted molar refractivity (Wildman–Crippen MR) is 118 cm³/mol. The summed E-state index contributed by atoms with van der Waals surface area (Å²) in [4.78, 5) is 13.1. The van der Waals surface area contributed by atoms with Gasteiger partial charge in [0.15, 0.2) is 0 Å². The van der Waals surface area contributed by atoms with E-state index in [-0.39, 0.29) is 22.9 Å². The second-order valence-electron chi connectivity index (χ2n) is 7.11. The molecule has 0 aliphatic rings. The van der Waals surface area contributed by atoms with Crippen LogP contribution in [-0.2, 0) is 6.42 Å². The number of hydrogen-bond donors (Lipinski definition) is 2. The second kappa shape index (κ2) is 9.45. The SMILES string of the molecule is O=c1c(-c2ccc(O)cc2)c(OCCNCCc2ccc(F)cc2)oc2ccccc12. The minimum Gasteiger partial charge on any atom is -0.508 e. The highest BCUT2D eigenvalue weighted by atomic mass is 19.1. The molecule has 5 nitrogen and oxygen atoms in total. The van der Waals surface area contributed by atoms with Gasteiger partial charge in [0.2, 0.25) is 5.43 Å². The van der Waals surface area contributed by atoms with Crippen molar-refractivity contribution in [2.75, 3.05) is 19.7 Å². The Bertz CT molecular complexity index is 1220. The van der Waals surface area contributed by atoms with Crippen LogP contribution in [0.15, 0.2) is 82.0 Å². The van der Waals surface area contributed by atoms with E-state index in [1.54, 1.807) is 48.5 Å². The van der Waals surface area contributed by atoms with Crippen molar-refractivity contribution in [3.63, 3.8) is 0 Å². The number of phenols is 1. The zero-order valence-electron chi connectivity index (χ0n) is 16.8. The molecule has 0 atom stereocenters. The highest BCUT2D eigenvalue weighted by molar-refractivity contribution is 5.84. The lowest BCUT2D eigenvalue weighted by Gasteiger charge is -2.12. The first-order chi connectivity index (χ1) is 15.1. The number of fused-ring (bicyclic) bond motifs is 1. The molecule has 0 unspecified atom stereocenters. The maximum absolute atomic E-state index is 13.1. The number of para-hydroxylation sites is 1. The fourth-order valence-electron chi connectivity index (χ4n) is 3.32. The molecule has 158 valence electrons. The van der Waals surface area contributed by atoms with Crippen LogP contribution in [0.5, 0.6) is 11.7 Å². The van der Waals surface area contributed by atoms with Gasteiger partial charge in [0.05, 0.1) is 5.39 Å². The van der Waals surface area contributed by atoms with Gasteiger partial charge >= 0.3 is 0 Å². The van der Waals surface area contributed by atoms with E-state index in [1.807, 2.05) is 0 Å². The van der Waals surface area contributed by atoms with Crippen molar-refractivity contribution in [2.24, 2.45) is 0 Å². The minimum absolute atomic E-state index is 0.113. The molecule has 2 N–H and O–H groups in total. The number of aromatic hydroxyl groups is 1. The van der Waals surface area contributed by atoms with Crippen LogP contribution in [0.2, 0.25) is 0 Å². The number of phenolic OH excluding ortho intramolecular Hbond substituents is 1. The molecule has 0 spiro atoms. The van der Waals surface area contributed by atoms with Gasteiger partial charge in [-0.2, -0.15) is 0 Å². The van der Waals surface area contributed by atoms with Crippen LogP contribution < -0.4 is 15.5 Å². The topological polar surface area (TPSA) is 71.7 Å². The molecule has 0 fully saturated rings. The smallest absolute Gasteiger partial charge is 0.297 e. The normalized spacial score (nSPS) is 11.0. The Balaban J connectivity index is 1.46.